The van der Waals surface area contributed by atoms with Crippen molar-refractivity contribution in [1.82, 2.24) is 4.90 Å². The van der Waals surface area contributed by atoms with Gasteiger partial charge in [-0.05, 0) is 43.1 Å². The first-order valence-corrected chi connectivity index (χ1v) is 7.31. The Kier molecular flexibility index (Phi) is 5.49. The number of nitrogens with one attached hydrogen (secondary N) is 1. The average Bonchev–Trinajstić information content (AvgIpc) is 2.43. The molecule has 1 aromatic rings. The van der Waals surface area contributed by atoms with E-state index in [-0.39, 0.29) is 0 Å². The number of likely N-dealkylation sites (tertiary alicyclic amines) is 1. The predicted molar refractivity (Wildman–Crippen MR) is 81.0 cm³/mol. The lowest BCUT2D eigenvalue weighted by atomic mass is 9.96. The van der Waals surface area contributed by atoms with Crippen molar-refractivity contribution >= 4 is 17.3 Å². The van der Waals surface area contributed by atoms with Crippen LogP contribution in [0.3, 0.4) is 0 Å². The summed E-state index contributed by atoms with van der Waals surface area (Å²) in [6, 6.07) is 7.85. The molecule has 2 unspecified atom stereocenters. The summed E-state index contributed by atoms with van der Waals surface area (Å²) in [7, 11) is 1.82. The Labute approximate surface area is 120 Å². The Balaban J connectivity index is 1.72. The van der Waals surface area contributed by atoms with Crippen LogP contribution in [0.1, 0.15) is 13.3 Å². The van der Waals surface area contributed by atoms with Gasteiger partial charge in [-0.3, -0.25) is 4.90 Å². The lowest BCUT2D eigenvalue weighted by Gasteiger charge is -2.36. The summed E-state index contributed by atoms with van der Waals surface area (Å²) in [4.78, 5) is 2.47. The van der Waals surface area contributed by atoms with Crippen molar-refractivity contribution in [3.63, 3.8) is 0 Å². The molecule has 0 spiro atoms. The first kappa shape index (κ1) is 14.6. The number of nitrogens with zero attached hydrogens (tertiary/aromatic N) is 1. The SMILES string of the molecule is COC1CN(CCNc2ccc(Cl)cc2)CCC1C. The van der Waals surface area contributed by atoms with E-state index in [2.05, 4.69) is 17.1 Å². The standard InChI is InChI=1S/C15H23ClN2O/c1-12-7-9-18(11-15(12)19-2)10-8-17-14-5-3-13(16)4-6-14/h3-6,12,15,17H,7-11H2,1-2H3. The van der Waals surface area contributed by atoms with Crippen LogP contribution in [-0.2, 0) is 4.74 Å². The van der Waals surface area contributed by atoms with E-state index in [0.29, 0.717) is 12.0 Å². The van der Waals surface area contributed by atoms with E-state index >= 15 is 0 Å². The number of anilines is 1. The molecule has 19 heavy (non-hydrogen) atoms. The van der Waals surface area contributed by atoms with E-state index < -0.39 is 0 Å². The van der Waals surface area contributed by atoms with Gasteiger partial charge < -0.3 is 10.1 Å². The molecule has 1 aliphatic rings. The maximum Gasteiger partial charge on any atom is 0.0724 e. The number of hydrogen-bond donors (Lipinski definition) is 1. The number of rotatable bonds is 5. The molecule has 106 valence electrons. The van der Waals surface area contributed by atoms with Gasteiger partial charge in [-0.2, -0.15) is 0 Å². The van der Waals surface area contributed by atoms with Crippen molar-refractivity contribution in [2.45, 2.75) is 19.4 Å². The predicted octanol–water partition coefficient (Wildman–Crippen LogP) is 3.11. The third kappa shape index (κ3) is 4.37. The molecule has 0 aromatic heterocycles. The zero-order valence-corrected chi connectivity index (χ0v) is 12.5. The van der Waals surface area contributed by atoms with Gasteiger partial charge in [0.1, 0.15) is 0 Å². The van der Waals surface area contributed by atoms with Crippen LogP contribution < -0.4 is 5.32 Å². The monoisotopic (exact) mass is 282 g/mol. The van der Waals surface area contributed by atoms with Gasteiger partial charge in [0.15, 0.2) is 0 Å². The van der Waals surface area contributed by atoms with Gasteiger partial charge in [-0.15, -0.1) is 0 Å². The van der Waals surface area contributed by atoms with E-state index in [1.807, 2.05) is 31.4 Å². The van der Waals surface area contributed by atoms with E-state index in [1.165, 1.54) is 13.0 Å². The first-order valence-electron chi connectivity index (χ1n) is 6.93. The van der Waals surface area contributed by atoms with Gasteiger partial charge in [-0.1, -0.05) is 18.5 Å². The summed E-state index contributed by atoms with van der Waals surface area (Å²) in [6.07, 6.45) is 1.60. The Hall–Kier alpha value is -0.770. The minimum absolute atomic E-state index is 0.379. The Morgan fingerprint density at radius 2 is 2.11 bits per heavy atom. The normalized spacial score (nSPS) is 24.4. The molecular weight excluding hydrogens is 260 g/mol. The second-order valence-electron chi connectivity index (χ2n) is 5.27. The number of methoxy groups -OCH3 is 1. The van der Waals surface area contributed by atoms with Crippen molar-refractivity contribution in [3.05, 3.63) is 29.3 Å². The lowest BCUT2D eigenvalue weighted by Crippen LogP contribution is -2.45. The minimum Gasteiger partial charge on any atom is -0.384 e. The molecule has 1 N–H and O–H groups in total. The van der Waals surface area contributed by atoms with Gasteiger partial charge in [0.05, 0.1) is 6.10 Å². The molecule has 0 aliphatic carbocycles. The van der Waals surface area contributed by atoms with Gasteiger partial charge in [0.2, 0.25) is 0 Å². The van der Waals surface area contributed by atoms with Crippen molar-refractivity contribution in [1.29, 1.82) is 0 Å². The van der Waals surface area contributed by atoms with Crippen LogP contribution in [0.2, 0.25) is 5.02 Å². The molecule has 2 rings (SSSR count). The fourth-order valence-electron chi connectivity index (χ4n) is 2.53. The summed E-state index contributed by atoms with van der Waals surface area (Å²) in [5.41, 5.74) is 1.12. The van der Waals surface area contributed by atoms with E-state index in [9.17, 15) is 0 Å². The van der Waals surface area contributed by atoms with Crippen molar-refractivity contribution < 1.29 is 4.74 Å². The van der Waals surface area contributed by atoms with Crippen LogP contribution in [0.15, 0.2) is 24.3 Å². The summed E-state index contributed by atoms with van der Waals surface area (Å²) in [6.45, 7) is 6.49. The third-order valence-corrected chi connectivity index (χ3v) is 4.13. The summed E-state index contributed by atoms with van der Waals surface area (Å²) < 4.78 is 5.53. The van der Waals surface area contributed by atoms with Crippen molar-refractivity contribution in [2.24, 2.45) is 5.92 Å². The highest BCUT2D eigenvalue weighted by Crippen LogP contribution is 2.19. The lowest BCUT2D eigenvalue weighted by molar-refractivity contribution is -0.00357. The topological polar surface area (TPSA) is 24.5 Å². The van der Waals surface area contributed by atoms with Gasteiger partial charge >= 0.3 is 0 Å². The largest absolute Gasteiger partial charge is 0.384 e. The second kappa shape index (κ2) is 7.13. The molecule has 1 heterocycles. The van der Waals surface area contributed by atoms with Crippen LogP contribution in [0, 0.1) is 5.92 Å². The van der Waals surface area contributed by atoms with Crippen LogP contribution in [0.5, 0.6) is 0 Å². The highest BCUT2D eigenvalue weighted by atomic mass is 35.5. The number of benzene rings is 1. The van der Waals surface area contributed by atoms with Crippen molar-refractivity contribution in [2.75, 3.05) is 38.6 Å². The van der Waals surface area contributed by atoms with E-state index in [1.54, 1.807) is 0 Å². The molecule has 1 fully saturated rings. The van der Waals surface area contributed by atoms with E-state index in [0.717, 1.165) is 30.3 Å². The van der Waals surface area contributed by atoms with E-state index in [4.69, 9.17) is 16.3 Å². The van der Waals surface area contributed by atoms with Crippen molar-refractivity contribution in [3.8, 4) is 0 Å². The molecule has 0 bridgehead atoms. The van der Waals surface area contributed by atoms with Crippen LogP contribution in [-0.4, -0.2) is 44.3 Å². The van der Waals surface area contributed by atoms with Crippen LogP contribution >= 0.6 is 11.6 Å². The highest BCUT2D eigenvalue weighted by molar-refractivity contribution is 6.30. The summed E-state index contributed by atoms with van der Waals surface area (Å²) >= 11 is 5.86. The maximum atomic E-state index is 5.86. The number of piperidine rings is 1. The molecule has 0 saturated carbocycles. The molecule has 2 atom stereocenters. The molecule has 1 saturated heterocycles. The Morgan fingerprint density at radius 1 is 1.37 bits per heavy atom. The van der Waals surface area contributed by atoms with Crippen LogP contribution in [0.4, 0.5) is 5.69 Å². The molecular formula is C15H23ClN2O. The molecule has 0 radical (unpaired) electrons. The van der Waals surface area contributed by atoms with Gasteiger partial charge in [-0.25, -0.2) is 0 Å². The second-order valence-corrected chi connectivity index (χ2v) is 5.71. The zero-order chi connectivity index (χ0) is 13.7. The smallest absolute Gasteiger partial charge is 0.0724 e. The van der Waals surface area contributed by atoms with Gasteiger partial charge in [0, 0.05) is 37.5 Å². The molecule has 0 amide bonds. The maximum absolute atomic E-state index is 5.86. The number of hydrogen-bond acceptors (Lipinski definition) is 3. The zero-order valence-electron chi connectivity index (χ0n) is 11.7. The number of ether oxygens (including phenoxy) is 1. The average molecular weight is 283 g/mol. The molecule has 4 heteroatoms. The first-order chi connectivity index (χ1) is 9.19. The molecule has 1 aromatic carbocycles. The fraction of sp³-hybridized carbons (Fsp3) is 0.600. The Morgan fingerprint density at radius 3 is 2.79 bits per heavy atom. The quantitative estimate of drug-likeness (QED) is 0.898. The summed E-state index contributed by atoms with van der Waals surface area (Å²) in [5.74, 6) is 0.672. The number of halogens is 1. The third-order valence-electron chi connectivity index (χ3n) is 3.88. The summed E-state index contributed by atoms with van der Waals surface area (Å²) in [5, 5.41) is 4.20. The Bertz CT molecular complexity index is 382. The minimum atomic E-state index is 0.379. The highest BCUT2D eigenvalue weighted by Gasteiger charge is 2.25. The fourth-order valence-corrected chi connectivity index (χ4v) is 2.66. The molecule has 1 aliphatic heterocycles. The van der Waals surface area contributed by atoms with Gasteiger partial charge in [0.25, 0.3) is 0 Å². The van der Waals surface area contributed by atoms with Crippen LogP contribution in [0.25, 0.3) is 0 Å². The molecule has 3 nitrogen and oxygen atoms in total.